The predicted octanol–water partition coefficient (Wildman–Crippen LogP) is 4.81. The lowest BCUT2D eigenvalue weighted by molar-refractivity contribution is 0.540. The Kier molecular flexibility index (Phi) is 3.36. The Morgan fingerprint density at radius 2 is 1.76 bits per heavy atom. The largest absolute Gasteiger partial charge is 0.461 e. The van der Waals surface area contributed by atoms with Gasteiger partial charge < -0.3 is 8.83 Å². The molecule has 0 atom stereocenters. The molecule has 0 spiro atoms. The number of aryl methyl sites for hydroxylation is 3. The predicted molar refractivity (Wildman–Crippen MR) is 85.1 cm³/mol. The second-order valence-electron chi connectivity index (χ2n) is 5.75. The molecule has 0 saturated carbocycles. The first-order valence-electron chi connectivity index (χ1n) is 7.49. The SMILES string of the molecule is CCCCc1c(C)c2cc3cc(C)oc3c(C)c2oc1=O. The normalized spacial score (nSPS) is 11.6. The number of furan rings is 1. The highest BCUT2D eigenvalue weighted by atomic mass is 16.4. The third-order valence-corrected chi connectivity index (χ3v) is 4.19. The van der Waals surface area contributed by atoms with E-state index in [0.717, 1.165) is 58.1 Å². The zero-order chi connectivity index (χ0) is 15.1. The molecule has 0 radical (unpaired) electrons. The van der Waals surface area contributed by atoms with Crippen molar-refractivity contribution in [3.63, 3.8) is 0 Å². The smallest absolute Gasteiger partial charge is 0.339 e. The molecule has 0 fully saturated rings. The maximum Gasteiger partial charge on any atom is 0.339 e. The van der Waals surface area contributed by atoms with E-state index < -0.39 is 0 Å². The van der Waals surface area contributed by atoms with E-state index >= 15 is 0 Å². The van der Waals surface area contributed by atoms with Crippen LogP contribution in [-0.2, 0) is 6.42 Å². The van der Waals surface area contributed by atoms with Crippen LogP contribution in [0.1, 0.15) is 42.2 Å². The van der Waals surface area contributed by atoms with Gasteiger partial charge in [0.2, 0.25) is 0 Å². The van der Waals surface area contributed by atoms with Gasteiger partial charge in [0.15, 0.2) is 0 Å². The molecule has 3 rings (SSSR count). The molecule has 0 N–H and O–H groups in total. The Bertz CT molecular complexity index is 881. The fraction of sp³-hybridized carbons (Fsp3) is 0.389. The monoisotopic (exact) mass is 284 g/mol. The molecule has 2 heterocycles. The number of unbranched alkanes of at least 4 members (excludes halogenated alkanes) is 1. The Hall–Kier alpha value is -2.03. The molecule has 3 heteroatoms. The molecule has 0 aliphatic heterocycles. The summed E-state index contributed by atoms with van der Waals surface area (Å²) in [5, 5.41) is 2.09. The van der Waals surface area contributed by atoms with E-state index in [2.05, 4.69) is 13.0 Å². The molecule has 0 aliphatic rings. The molecule has 2 aromatic heterocycles. The third-order valence-electron chi connectivity index (χ3n) is 4.19. The molecule has 110 valence electrons. The van der Waals surface area contributed by atoms with E-state index in [1.54, 1.807) is 0 Å². The maximum atomic E-state index is 12.3. The number of hydrogen-bond acceptors (Lipinski definition) is 3. The molecule has 0 saturated heterocycles. The zero-order valence-corrected chi connectivity index (χ0v) is 13.0. The van der Waals surface area contributed by atoms with Crippen molar-refractivity contribution in [1.82, 2.24) is 0 Å². The quantitative estimate of drug-likeness (QED) is 0.648. The lowest BCUT2D eigenvalue weighted by atomic mass is 9.99. The Balaban J connectivity index is 2.37. The van der Waals surface area contributed by atoms with Crippen LogP contribution in [0, 0.1) is 20.8 Å². The van der Waals surface area contributed by atoms with Gasteiger partial charge in [0, 0.05) is 21.9 Å². The molecule has 3 nitrogen and oxygen atoms in total. The van der Waals surface area contributed by atoms with E-state index in [-0.39, 0.29) is 5.63 Å². The summed E-state index contributed by atoms with van der Waals surface area (Å²) in [4.78, 5) is 12.3. The van der Waals surface area contributed by atoms with Gasteiger partial charge in [-0.15, -0.1) is 0 Å². The first-order valence-corrected chi connectivity index (χ1v) is 7.49. The van der Waals surface area contributed by atoms with Crippen LogP contribution in [-0.4, -0.2) is 0 Å². The lowest BCUT2D eigenvalue weighted by Gasteiger charge is -2.09. The molecular formula is C18H20O3. The number of hydrogen-bond donors (Lipinski definition) is 0. The summed E-state index contributed by atoms with van der Waals surface area (Å²) < 4.78 is 11.3. The molecule has 0 aliphatic carbocycles. The van der Waals surface area contributed by atoms with Crippen LogP contribution in [0.15, 0.2) is 25.8 Å². The molecule has 0 unspecified atom stereocenters. The van der Waals surface area contributed by atoms with E-state index in [1.165, 1.54) is 0 Å². The van der Waals surface area contributed by atoms with Crippen molar-refractivity contribution in [3.05, 3.63) is 45.0 Å². The zero-order valence-electron chi connectivity index (χ0n) is 13.0. The van der Waals surface area contributed by atoms with Gasteiger partial charge in [-0.2, -0.15) is 0 Å². The summed E-state index contributed by atoms with van der Waals surface area (Å²) in [5.74, 6) is 0.870. The molecule has 0 bridgehead atoms. The fourth-order valence-electron chi connectivity index (χ4n) is 2.98. The molecule has 0 amide bonds. The average molecular weight is 284 g/mol. The van der Waals surface area contributed by atoms with Gasteiger partial charge in [0.25, 0.3) is 0 Å². The molecular weight excluding hydrogens is 264 g/mol. The number of fused-ring (bicyclic) bond motifs is 2. The van der Waals surface area contributed by atoms with Gasteiger partial charge in [-0.05, 0) is 51.3 Å². The minimum Gasteiger partial charge on any atom is -0.461 e. The van der Waals surface area contributed by atoms with Crippen molar-refractivity contribution in [2.24, 2.45) is 0 Å². The van der Waals surface area contributed by atoms with Crippen LogP contribution in [0.2, 0.25) is 0 Å². The topological polar surface area (TPSA) is 43.4 Å². The number of rotatable bonds is 3. The van der Waals surface area contributed by atoms with Crippen molar-refractivity contribution in [3.8, 4) is 0 Å². The van der Waals surface area contributed by atoms with Crippen molar-refractivity contribution in [1.29, 1.82) is 0 Å². The van der Waals surface area contributed by atoms with Gasteiger partial charge in [-0.3, -0.25) is 0 Å². The van der Waals surface area contributed by atoms with E-state index in [0.29, 0.717) is 5.58 Å². The Morgan fingerprint density at radius 1 is 1.00 bits per heavy atom. The van der Waals surface area contributed by atoms with Crippen LogP contribution in [0.4, 0.5) is 0 Å². The summed E-state index contributed by atoms with van der Waals surface area (Å²) in [7, 11) is 0. The van der Waals surface area contributed by atoms with E-state index in [4.69, 9.17) is 8.83 Å². The van der Waals surface area contributed by atoms with Crippen molar-refractivity contribution in [2.75, 3.05) is 0 Å². The van der Waals surface area contributed by atoms with E-state index in [1.807, 2.05) is 26.8 Å². The molecule has 1 aromatic carbocycles. The van der Waals surface area contributed by atoms with Gasteiger partial charge >= 0.3 is 5.63 Å². The Labute approximate surface area is 123 Å². The molecule has 21 heavy (non-hydrogen) atoms. The van der Waals surface area contributed by atoms with Gasteiger partial charge in [-0.1, -0.05) is 13.3 Å². The molecule has 3 aromatic rings. The van der Waals surface area contributed by atoms with Gasteiger partial charge in [0.1, 0.15) is 16.9 Å². The van der Waals surface area contributed by atoms with Crippen molar-refractivity contribution < 1.29 is 8.83 Å². The second-order valence-corrected chi connectivity index (χ2v) is 5.75. The highest BCUT2D eigenvalue weighted by molar-refractivity contribution is 5.98. The summed E-state index contributed by atoms with van der Waals surface area (Å²) in [6, 6.07) is 4.10. The highest BCUT2D eigenvalue weighted by Crippen LogP contribution is 2.32. The summed E-state index contributed by atoms with van der Waals surface area (Å²) in [6.07, 6.45) is 2.85. The van der Waals surface area contributed by atoms with Crippen LogP contribution in [0.5, 0.6) is 0 Å². The first kappa shape index (κ1) is 13.9. The van der Waals surface area contributed by atoms with Crippen molar-refractivity contribution in [2.45, 2.75) is 47.0 Å². The minimum atomic E-state index is -0.209. The maximum absolute atomic E-state index is 12.3. The lowest BCUT2D eigenvalue weighted by Crippen LogP contribution is -2.10. The van der Waals surface area contributed by atoms with Crippen LogP contribution in [0.25, 0.3) is 21.9 Å². The third kappa shape index (κ3) is 2.17. The average Bonchev–Trinajstić information content (AvgIpc) is 2.81. The second kappa shape index (κ2) is 5.06. The summed E-state index contributed by atoms with van der Waals surface area (Å²) in [5.41, 5.74) is 4.00. The summed E-state index contributed by atoms with van der Waals surface area (Å²) >= 11 is 0. The van der Waals surface area contributed by atoms with Gasteiger partial charge in [-0.25, -0.2) is 4.79 Å². The van der Waals surface area contributed by atoms with Crippen LogP contribution in [0.3, 0.4) is 0 Å². The van der Waals surface area contributed by atoms with E-state index in [9.17, 15) is 4.79 Å². The van der Waals surface area contributed by atoms with Crippen molar-refractivity contribution >= 4 is 21.9 Å². The highest BCUT2D eigenvalue weighted by Gasteiger charge is 2.16. The summed E-state index contributed by atoms with van der Waals surface area (Å²) in [6.45, 7) is 8.02. The van der Waals surface area contributed by atoms with Crippen LogP contribution >= 0.6 is 0 Å². The standard InChI is InChI=1S/C18H20O3/c1-5-6-7-14-11(3)15-9-13-8-10(2)20-16(13)12(4)17(15)21-18(14)19/h8-9H,5-7H2,1-4H3. The first-order chi connectivity index (χ1) is 10.0. The van der Waals surface area contributed by atoms with Crippen LogP contribution < -0.4 is 5.63 Å². The van der Waals surface area contributed by atoms with Gasteiger partial charge in [0.05, 0.1) is 0 Å². The minimum absolute atomic E-state index is 0.209. The number of benzene rings is 1. The Morgan fingerprint density at radius 3 is 2.48 bits per heavy atom. The fourth-order valence-corrected chi connectivity index (χ4v) is 2.98.